The van der Waals surface area contributed by atoms with Crippen molar-refractivity contribution in [1.29, 1.82) is 0 Å². The number of nitrogens with zero attached hydrogens (tertiary/aromatic N) is 1. The van der Waals surface area contributed by atoms with Crippen LogP contribution in [0, 0.1) is 5.41 Å². The molecule has 1 amide bonds. The molecule has 2 heteroatoms. The SMILES string of the molecule is CC(=O)N1CC(C)(C)CC1C. The van der Waals surface area contributed by atoms with Gasteiger partial charge in [0.25, 0.3) is 0 Å². The van der Waals surface area contributed by atoms with Crippen molar-refractivity contribution in [2.75, 3.05) is 6.54 Å². The van der Waals surface area contributed by atoms with Crippen molar-refractivity contribution in [2.24, 2.45) is 5.41 Å². The summed E-state index contributed by atoms with van der Waals surface area (Å²) in [4.78, 5) is 13.0. The fourth-order valence-electron chi connectivity index (χ4n) is 2.01. The third-order valence-corrected chi connectivity index (χ3v) is 2.38. The minimum Gasteiger partial charge on any atom is -0.340 e. The Bertz CT molecular complexity index is 174. The van der Waals surface area contributed by atoms with E-state index in [-0.39, 0.29) is 5.91 Å². The number of carbonyl (C=O) groups excluding carboxylic acids is 1. The topological polar surface area (TPSA) is 20.3 Å². The van der Waals surface area contributed by atoms with Gasteiger partial charge in [-0.05, 0) is 18.8 Å². The molecule has 0 aliphatic carbocycles. The Hall–Kier alpha value is -0.530. The molecule has 1 aliphatic heterocycles. The van der Waals surface area contributed by atoms with Crippen LogP contribution in [0.4, 0.5) is 0 Å². The molecule has 0 radical (unpaired) electrons. The molecule has 0 aromatic carbocycles. The lowest BCUT2D eigenvalue weighted by molar-refractivity contribution is -0.129. The van der Waals surface area contributed by atoms with E-state index in [1.165, 1.54) is 0 Å². The Morgan fingerprint density at radius 2 is 2.09 bits per heavy atom. The maximum Gasteiger partial charge on any atom is 0.219 e. The quantitative estimate of drug-likeness (QED) is 0.521. The molecule has 1 aliphatic rings. The molecule has 0 saturated carbocycles. The van der Waals surface area contributed by atoms with Crippen LogP contribution in [0.15, 0.2) is 0 Å². The molecule has 1 fully saturated rings. The van der Waals surface area contributed by atoms with E-state index in [1.54, 1.807) is 6.92 Å². The highest BCUT2D eigenvalue weighted by molar-refractivity contribution is 5.74. The third kappa shape index (κ3) is 1.73. The number of likely N-dealkylation sites (tertiary alicyclic amines) is 1. The summed E-state index contributed by atoms with van der Waals surface area (Å²) in [6.45, 7) is 9.12. The normalized spacial score (nSPS) is 29.1. The summed E-state index contributed by atoms with van der Waals surface area (Å²) >= 11 is 0. The summed E-state index contributed by atoms with van der Waals surface area (Å²) in [5.41, 5.74) is 0.324. The van der Waals surface area contributed by atoms with Gasteiger partial charge in [-0.25, -0.2) is 0 Å². The Balaban J connectivity index is 2.66. The van der Waals surface area contributed by atoms with Gasteiger partial charge in [0.05, 0.1) is 0 Å². The zero-order valence-electron chi connectivity index (χ0n) is 7.85. The van der Waals surface area contributed by atoms with E-state index in [0.717, 1.165) is 13.0 Å². The number of carbonyl (C=O) groups is 1. The van der Waals surface area contributed by atoms with Crippen LogP contribution in [0.3, 0.4) is 0 Å². The van der Waals surface area contributed by atoms with E-state index in [1.807, 2.05) is 4.90 Å². The van der Waals surface area contributed by atoms with Crippen LogP contribution in [0.5, 0.6) is 0 Å². The van der Waals surface area contributed by atoms with Crippen molar-refractivity contribution >= 4 is 5.91 Å². The van der Waals surface area contributed by atoms with Crippen molar-refractivity contribution in [3.8, 4) is 0 Å². The third-order valence-electron chi connectivity index (χ3n) is 2.38. The Labute approximate surface area is 68.6 Å². The molecule has 0 N–H and O–H groups in total. The average molecular weight is 155 g/mol. The standard InChI is InChI=1S/C9H17NO/c1-7-5-9(3,4)6-10(7)8(2)11/h7H,5-6H2,1-4H3. The van der Waals surface area contributed by atoms with Crippen LogP contribution in [0.25, 0.3) is 0 Å². The van der Waals surface area contributed by atoms with Gasteiger partial charge in [-0.2, -0.15) is 0 Å². The summed E-state index contributed by atoms with van der Waals surface area (Å²) in [7, 11) is 0. The minimum atomic E-state index is 0.211. The van der Waals surface area contributed by atoms with Crippen molar-refractivity contribution in [1.82, 2.24) is 4.90 Å². The van der Waals surface area contributed by atoms with E-state index >= 15 is 0 Å². The van der Waals surface area contributed by atoms with Crippen LogP contribution >= 0.6 is 0 Å². The first kappa shape index (κ1) is 8.57. The molecule has 0 bridgehead atoms. The summed E-state index contributed by atoms with van der Waals surface area (Å²) in [5, 5.41) is 0. The van der Waals surface area contributed by atoms with Crippen molar-refractivity contribution in [3.05, 3.63) is 0 Å². The van der Waals surface area contributed by atoms with E-state index in [2.05, 4.69) is 20.8 Å². The second-order valence-electron chi connectivity index (χ2n) is 4.36. The Morgan fingerprint density at radius 1 is 1.55 bits per heavy atom. The summed E-state index contributed by atoms with van der Waals surface area (Å²) in [6, 6.07) is 0.433. The maximum atomic E-state index is 11.1. The molecule has 0 aromatic heterocycles. The van der Waals surface area contributed by atoms with Gasteiger partial charge >= 0.3 is 0 Å². The lowest BCUT2D eigenvalue weighted by atomic mass is 9.91. The van der Waals surface area contributed by atoms with Crippen LogP contribution in [-0.4, -0.2) is 23.4 Å². The number of hydrogen-bond donors (Lipinski definition) is 0. The van der Waals surface area contributed by atoms with E-state index in [9.17, 15) is 4.79 Å². The summed E-state index contributed by atoms with van der Waals surface area (Å²) < 4.78 is 0. The minimum absolute atomic E-state index is 0.211. The fourth-order valence-corrected chi connectivity index (χ4v) is 2.01. The predicted molar refractivity (Wildman–Crippen MR) is 45.2 cm³/mol. The van der Waals surface area contributed by atoms with Gasteiger partial charge in [0.1, 0.15) is 0 Å². The number of rotatable bonds is 0. The van der Waals surface area contributed by atoms with Crippen LogP contribution in [0.2, 0.25) is 0 Å². The summed E-state index contributed by atoms with van der Waals surface area (Å²) in [5.74, 6) is 0.211. The highest BCUT2D eigenvalue weighted by Crippen LogP contribution is 2.33. The van der Waals surface area contributed by atoms with Gasteiger partial charge in [-0.1, -0.05) is 13.8 Å². The molecule has 1 atom stereocenters. The molecular formula is C9H17NO. The van der Waals surface area contributed by atoms with Gasteiger partial charge in [-0.3, -0.25) is 4.79 Å². The average Bonchev–Trinajstić information content (AvgIpc) is 2.05. The largest absolute Gasteiger partial charge is 0.340 e. The van der Waals surface area contributed by atoms with Crippen molar-refractivity contribution in [3.63, 3.8) is 0 Å². The van der Waals surface area contributed by atoms with E-state index in [4.69, 9.17) is 0 Å². The Kier molecular flexibility index (Phi) is 1.95. The lowest BCUT2D eigenvalue weighted by Gasteiger charge is -2.20. The number of amides is 1. The molecular weight excluding hydrogens is 138 g/mol. The van der Waals surface area contributed by atoms with Crippen LogP contribution in [0.1, 0.15) is 34.1 Å². The van der Waals surface area contributed by atoms with Crippen molar-refractivity contribution in [2.45, 2.75) is 40.2 Å². The van der Waals surface area contributed by atoms with Gasteiger partial charge in [0.15, 0.2) is 0 Å². The smallest absolute Gasteiger partial charge is 0.219 e. The monoisotopic (exact) mass is 155 g/mol. The maximum absolute atomic E-state index is 11.1. The van der Waals surface area contributed by atoms with Gasteiger partial charge in [0.2, 0.25) is 5.91 Å². The van der Waals surface area contributed by atoms with Gasteiger partial charge < -0.3 is 4.90 Å². The molecule has 1 saturated heterocycles. The lowest BCUT2D eigenvalue weighted by Crippen LogP contribution is -2.32. The van der Waals surface area contributed by atoms with Crippen LogP contribution < -0.4 is 0 Å². The fraction of sp³-hybridized carbons (Fsp3) is 0.889. The van der Waals surface area contributed by atoms with Gasteiger partial charge in [0, 0.05) is 19.5 Å². The van der Waals surface area contributed by atoms with E-state index in [0.29, 0.717) is 11.5 Å². The first-order valence-corrected chi connectivity index (χ1v) is 4.19. The highest BCUT2D eigenvalue weighted by atomic mass is 16.2. The molecule has 64 valence electrons. The first-order valence-electron chi connectivity index (χ1n) is 4.19. The zero-order chi connectivity index (χ0) is 8.65. The molecule has 11 heavy (non-hydrogen) atoms. The molecule has 1 heterocycles. The second kappa shape index (κ2) is 2.50. The molecule has 1 unspecified atom stereocenters. The van der Waals surface area contributed by atoms with Gasteiger partial charge in [-0.15, -0.1) is 0 Å². The molecule has 0 aromatic rings. The van der Waals surface area contributed by atoms with Crippen molar-refractivity contribution < 1.29 is 4.79 Å². The highest BCUT2D eigenvalue weighted by Gasteiger charge is 2.35. The molecule has 1 rings (SSSR count). The van der Waals surface area contributed by atoms with E-state index < -0.39 is 0 Å². The number of hydrogen-bond acceptors (Lipinski definition) is 1. The predicted octanol–water partition coefficient (Wildman–Crippen LogP) is 1.65. The first-order chi connectivity index (χ1) is 4.92. The van der Waals surface area contributed by atoms with Crippen LogP contribution in [-0.2, 0) is 4.79 Å². The summed E-state index contributed by atoms with van der Waals surface area (Å²) in [6.07, 6.45) is 1.13. The molecule has 2 nitrogen and oxygen atoms in total. The Morgan fingerprint density at radius 3 is 2.27 bits per heavy atom. The molecule has 0 spiro atoms. The second-order valence-corrected chi connectivity index (χ2v) is 4.36. The zero-order valence-corrected chi connectivity index (χ0v) is 7.85.